The Morgan fingerprint density at radius 1 is 0.720 bits per heavy atom. The Labute approximate surface area is 290 Å². The Bertz CT molecular complexity index is 1640. The van der Waals surface area contributed by atoms with E-state index in [0.717, 1.165) is 32.1 Å². The third kappa shape index (κ3) is 6.33. The number of urea groups is 1. The number of ether oxygens (including phenoxy) is 2. The zero-order valence-electron chi connectivity index (χ0n) is 28.0. The fourth-order valence-electron chi connectivity index (χ4n) is 8.21. The molecule has 5 saturated heterocycles. The van der Waals surface area contributed by atoms with Crippen LogP contribution in [0.5, 0.6) is 0 Å². The first-order valence-corrected chi connectivity index (χ1v) is 18.0. The number of carbonyl (C=O) groups excluding carboxylic acids is 1. The second-order valence-corrected chi connectivity index (χ2v) is 14.5. The molecule has 1 aliphatic carbocycles. The van der Waals surface area contributed by atoms with Crippen molar-refractivity contribution in [1.29, 1.82) is 0 Å². The van der Waals surface area contributed by atoms with Gasteiger partial charge in [-0.25, -0.2) is 13.6 Å². The van der Waals surface area contributed by atoms with Crippen molar-refractivity contribution < 1.29 is 23.0 Å². The van der Waals surface area contributed by atoms with Gasteiger partial charge in [0.1, 0.15) is 12.3 Å². The molecule has 2 aromatic carbocycles. The number of piperazine rings is 1. The summed E-state index contributed by atoms with van der Waals surface area (Å²) in [5.74, 6) is 2.05. The van der Waals surface area contributed by atoms with Crippen molar-refractivity contribution in [2.75, 3.05) is 84.5 Å². The number of benzene rings is 2. The standard InChI is InChI=1S/C36H43F2N9O3/c37-29-15-27-18-49-20-31(29)46(27)34-41-33(42-35(43-34)47-28-16-30(38)32(47)21-50-19-28)23-3-5-24(6-4-23)39-36(48)40-25-7-9-26(10-8-25)45-13-11-44(12-14-45)17-22-1-2-22/h3-10,22,27-32H,1-2,11-21H2,(H2,39,40,48)/t27-,28-,29+,30+,31-,32-/m0/s1. The number of nitrogens with one attached hydrogen (secondary N) is 2. The predicted octanol–water partition coefficient (Wildman–Crippen LogP) is 4.35. The van der Waals surface area contributed by atoms with Crippen LogP contribution in [0.3, 0.4) is 0 Å². The number of alkyl halides is 2. The molecular formula is C36H43F2N9O3. The maximum atomic E-state index is 15.0. The number of morpholine rings is 2. The molecule has 6 aliphatic rings. The topological polar surface area (TPSA) is 111 Å². The lowest BCUT2D eigenvalue weighted by Gasteiger charge is -2.37. The lowest BCUT2D eigenvalue weighted by molar-refractivity contribution is 0.0810. The number of rotatable bonds is 8. The average molecular weight is 688 g/mol. The summed E-state index contributed by atoms with van der Waals surface area (Å²) in [7, 11) is 0. The minimum absolute atomic E-state index is 0.184. The highest BCUT2D eigenvalue weighted by molar-refractivity contribution is 6.00. The number of fused-ring (bicyclic) bond motifs is 4. The SMILES string of the molecule is O=C(Nc1ccc(-c2nc(N3[C@@H]4COC[C@H]3[C@H](F)C4)nc(N3[C@@H]4COC[C@H]3[C@H](F)C4)n2)cc1)Nc1ccc(N2CCN(CC3CC3)CC2)cc1. The smallest absolute Gasteiger partial charge is 0.323 e. The summed E-state index contributed by atoms with van der Waals surface area (Å²) < 4.78 is 41.3. The van der Waals surface area contributed by atoms with Gasteiger partial charge in [0.15, 0.2) is 5.82 Å². The molecule has 4 bridgehead atoms. The van der Waals surface area contributed by atoms with Gasteiger partial charge >= 0.3 is 6.03 Å². The van der Waals surface area contributed by atoms with Crippen LogP contribution in [0.2, 0.25) is 0 Å². The summed E-state index contributed by atoms with van der Waals surface area (Å²) in [5, 5.41) is 5.82. The molecule has 1 aromatic heterocycles. The van der Waals surface area contributed by atoms with Crippen molar-refractivity contribution >= 4 is 35.0 Å². The van der Waals surface area contributed by atoms with Crippen LogP contribution in [0, 0.1) is 5.92 Å². The zero-order valence-corrected chi connectivity index (χ0v) is 28.0. The first kappa shape index (κ1) is 31.8. The van der Waals surface area contributed by atoms with Gasteiger partial charge in [-0.3, -0.25) is 4.90 Å². The maximum absolute atomic E-state index is 15.0. The zero-order chi connectivity index (χ0) is 33.8. The van der Waals surface area contributed by atoms with Crippen molar-refractivity contribution in [3.05, 3.63) is 48.5 Å². The van der Waals surface area contributed by atoms with E-state index in [1.165, 1.54) is 25.1 Å². The van der Waals surface area contributed by atoms with Crippen molar-refractivity contribution in [2.45, 2.75) is 62.2 Å². The van der Waals surface area contributed by atoms with Crippen LogP contribution >= 0.6 is 0 Å². The number of carbonyl (C=O) groups is 1. The number of hydrogen-bond donors (Lipinski definition) is 2. The molecule has 264 valence electrons. The number of aromatic nitrogens is 3. The molecule has 5 aliphatic heterocycles. The van der Waals surface area contributed by atoms with E-state index in [1.54, 1.807) is 12.1 Å². The van der Waals surface area contributed by atoms with Crippen LogP contribution in [0.25, 0.3) is 11.4 Å². The Morgan fingerprint density at radius 2 is 1.26 bits per heavy atom. The normalized spacial score (nSPS) is 29.4. The maximum Gasteiger partial charge on any atom is 0.323 e. The lowest BCUT2D eigenvalue weighted by atomic mass is 10.2. The quantitative estimate of drug-likeness (QED) is 0.355. The molecule has 12 nitrogen and oxygen atoms in total. The van der Waals surface area contributed by atoms with E-state index in [-0.39, 0.29) is 31.3 Å². The van der Waals surface area contributed by atoms with Crippen LogP contribution in [0.15, 0.2) is 48.5 Å². The molecule has 6 fully saturated rings. The summed E-state index contributed by atoms with van der Waals surface area (Å²) in [6, 6.07) is 13.5. The number of nitrogens with zero attached hydrogens (tertiary/aromatic N) is 7. The van der Waals surface area contributed by atoms with E-state index in [2.05, 4.69) is 32.6 Å². The van der Waals surface area contributed by atoms with E-state index in [1.807, 2.05) is 34.1 Å². The highest BCUT2D eigenvalue weighted by Gasteiger charge is 2.49. The van der Waals surface area contributed by atoms with Gasteiger partial charge in [0.2, 0.25) is 11.9 Å². The van der Waals surface area contributed by atoms with Gasteiger partial charge < -0.3 is 34.8 Å². The summed E-state index contributed by atoms with van der Waals surface area (Å²) >= 11 is 0. The lowest BCUT2D eigenvalue weighted by Crippen LogP contribution is -2.50. The third-order valence-corrected chi connectivity index (χ3v) is 11.1. The molecule has 1 saturated carbocycles. The van der Waals surface area contributed by atoms with Gasteiger partial charge in [0.25, 0.3) is 0 Å². The van der Waals surface area contributed by atoms with E-state index in [0.29, 0.717) is 60.7 Å². The summed E-state index contributed by atoms with van der Waals surface area (Å²) in [5.41, 5.74) is 3.17. The van der Waals surface area contributed by atoms with Crippen LogP contribution in [0.4, 0.5) is 42.5 Å². The van der Waals surface area contributed by atoms with Crippen LogP contribution < -0.4 is 25.3 Å². The third-order valence-electron chi connectivity index (χ3n) is 11.1. The molecule has 0 radical (unpaired) electrons. The van der Waals surface area contributed by atoms with E-state index < -0.39 is 24.4 Å². The molecule has 50 heavy (non-hydrogen) atoms. The van der Waals surface area contributed by atoms with Crippen molar-refractivity contribution in [1.82, 2.24) is 19.9 Å². The van der Waals surface area contributed by atoms with E-state index in [9.17, 15) is 13.6 Å². The Morgan fingerprint density at radius 3 is 1.78 bits per heavy atom. The second-order valence-electron chi connectivity index (χ2n) is 14.5. The van der Waals surface area contributed by atoms with Gasteiger partial charge in [-0.15, -0.1) is 0 Å². The van der Waals surface area contributed by atoms with Crippen molar-refractivity contribution in [2.24, 2.45) is 5.92 Å². The summed E-state index contributed by atoms with van der Waals surface area (Å²) in [6.07, 6.45) is 1.37. The molecule has 2 N–H and O–H groups in total. The largest absolute Gasteiger partial charge is 0.377 e. The Balaban J connectivity index is 0.884. The molecule has 0 unspecified atom stereocenters. The minimum atomic E-state index is -1.05. The molecule has 14 heteroatoms. The molecule has 6 heterocycles. The first-order valence-electron chi connectivity index (χ1n) is 18.0. The summed E-state index contributed by atoms with van der Waals surface area (Å²) in [6.45, 7) is 6.76. The van der Waals surface area contributed by atoms with Gasteiger partial charge in [0.05, 0.1) is 50.6 Å². The van der Waals surface area contributed by atoms with Crippen molar-refractivity contribution in [3.63, 3.8) is 0 Å². The molecule has 6 atom stereocenters. The number of amides is 2. The monoisotopic (exact) mass is 687 g/mol. The highest BCUT2D eigenvalue weighted by Crippen LogP contribution is 2.39. The Kier molecular flexibility index (Phi) is 8.40. The first-order chi connectivity index (χ1) is 24.4. The van der Waals surface area contributed by atoms with E-state index >= 15 is 0 Å². The molecular weight excluding hydrogens is 644 g/mol. The second kappa shape index (κ2) is 13.2. The minimum Gasteiger partial charge on any atom is -0.377 e. The molecule has 0 spiro atoms. The molecule has 9 rings (SSSR count). The van der Waals surface area contributed by atoms with Gasteiger partial charge in [-0.05, 0) is 67.3 Å². The van der Waals surface area contributed by atoms with Gasteiger partial charge in [-0.2, -0.15) is 15.0 Å². The van der Waals surface area contributed by atoms with Crippen molar-refractivity contribution in [3.8, 4) is 11.4 Å². The van der Waals surface area contributed by atoms with Gasteiger partial charge in [-0.1, -0.05) is 0 Å². The van der Waals surface area contributed by atoms with Crippen LogP contribution in [0.1, 0.15) is 25.7 Å². The fraction of sp³-hybridized carbons (Fsp3) is 0.556. The number of anilines is 5. The molecule has 3 aromatic rings. The van der Waals surface area contributed by atoms with E-state index in [4.69, 9.17) is 24.4 Å². The number of halogens is 2. The van der Waals surface area contributed by atoms with Crippen LogP contribution in [-0.2, 0) is 9.47 Å². The predicted molar refractivity (Wildman–Crippen MR) is 186 cm³/mol. The fourth-order valence-corrected chi connectivity index (χ4v) is 8.21. The summed E-state index contributed by atoms with van der Waals surface area (Å²) in [4.78, 5) is 36.2. The average Bonchev–Trinajstić information content (AvgIpc) is 3.90. The van der Waals surface area contributed by atoms with Gasteiger partial charge in [0, 0.05) is 68.2 Å². The number of hydrogen-bond acceptors (Lipinski definition) is 10. The Hall–Kier alpha value is -4.14. The molecule has 2 amide bonds. The highest BCUT2D eigenvalue weighted by atomic mass is 19.1. The van der Waals surface area contributed by atoms with Crippen LogP contribution in [-0.4, -0.2) is 122 Å².